The van der Waals surface area contributed by atoms with Crippen LogP contribution in [-0.4, -0.2) is 47.5 Å². The van der Waals surface area contributed by atoms with Crippen LogP contribution in [0.5, 0.6) is 0 Å². The summed E-state index contributed by atoms with van der Waals surface area (Å²) in [7, 11) is 0. The molecular formula is C20H29N3O4. The summed E-state index contributed by atoms with van der Waals surface area (Å²) in [6.07, 6.45) is 4.63. The van der Waals surface area contributed by atoms with Gasteiger partial charge in [-0.15, -0.1) is 0 Å². The highest BCUT2D eigenvalue weighted by Crippen LogP contribution is 2.17. The molecule has 1 aromatic rings. The third-order valence-electron chi connectivity index (χ3n) is 4.88. The second-order valence-electron chi connectivity index (χ2n) is 6.92. The second-order valence-corrected chi connectivity index (χ2v) is 6.92. The summed E-state index contributed by atoms with van der Waals surface area (Å²) in [4.78, 5) is 37.0. The normalized spacial score (nSPS) is 14.6. The van der Waals surface area contributed by atoms with Crippen LogP contribution in [0, 0.1) is 5.92 Å². The van der Waals surface area contributed by atoms with Crippen LogP contribution >= 0.6 is 0 Å². The first-order valence-corrected chi connectivity index (χ1v) is 9.64. The number of carbonyl (C=O) groups excluding carboxylic acids is 2. The summed E-state index contributed by atoms with van der Waals surface area (Å²) in [6.45, 7) is 4.34. The fraction of sp³-hybridized carbons (Fsp3) is 0.550. The van der Waals surface area contributed by atoms with Crippen LogP contribution in [0.3, 0.4) is 0 Å². The zero-order chi connectivity index (χ0) is 19.6. The third kappa shape index (κ3) is 6.58. The molecule has 7 nitrogen and oxygen atoms in total. The molecule has 0 spiro atoms. The van der Waals surface area contributed by atoms with Gasteiger partial charge in [0.1, 0.15) is 0 Å². The van der Waals surface area contributed by atoms with Crippen molar-refractivity contribution >= 4 is 17.9 Å². The smallest absolute Gasteiger partial charge is 0.335 e. The van der Waals surface area contributed by atoms with E-state index in [2.05, 4.69) is 17.6 Å². The number of unbranched alkanes of at least 4 members (excludes halogenated alkanes) is 2. The Labute approximate surface area is 160 Å². The average Bonchev–Trinajstić information content (AvgIpc) is 2.69. The molecule has 0 saturated carbocycles. The SMILES string of the molecule is CCCCCNC(=O)C1CCN(C(=O)NCc2ccc(C(=O)O)cc2)CC1. The minimum Gasteiger partial charge on any atom is -0.478 e. The number of carboxylic acids is 1. The number of rotatable bonds is 8. The van der Waals surface area contributed by atoms with Gasteiger partial charge in [-0.1, -0.05) is 31.9 Å². The molecule has 2 rings (SSSR count). The fourth-order valence-corrected chi connectivity index (χ4v) is 3.13. The Balaban J connectivity index is 1.70. The number of likely N-dealkylation sites (tertiary alicyclic amines) is 1. The fourth-order valence-electron chi connectivity index (χ4n) is 3.13. The van der Waals surface area contributed by atoms with E-state index in [4.69, 9.17) is 5.11 Å². The molecule has 1 heterocycles. The molecule has 148 valence electrons. The standard InChI is InChI=1S/C20H29N3O4/c1-2-3-4-11-21-18(24)16-9-12-23(13-10-16)20(27)22-14-15-5-7-17(8-6-15)19(25)26/h5-8,16H,2-4,9-14H2,1H3,(H,21,24)(H,22,27)(H,25,26). The van der Waals surface area contributed by atoms with Gasteiger partial charge in [-0.25, -0.2) is 9.59 Å². The van der Waals surface area contributed by atoms with Gasteiger partial charge < -0.3 is 20.6 Å². The van der Waals surface area contributed by atoms with Crippen LogP contribution in [0.15, 0.2) is 24.3 Å². The van der Waals surface area contributed by atoms with Crippen LogP contribution in [0.4, 0.5) is 4.79 Å². The van der Waals surface area contributed by atoms with E-state index >= 15 is 0 Å². The highest BCUT2D eigenvalue weighted by atomic mass is 16.4. The van der Waals surface area contributed by atoms with Crippen molar-refractivity contribution in [1.82, 2.24) is 15.5 Å². The summed E-state index contributed by atoms with van der Waals surface area (Å²) in [6, 6.07) is 6.28. The van der Waals surface area contributed by atoms with Gasteiger partial charge in [0.25, 0.3) is 0 Å². The molecule has 1 aliphatic rings. The molecule has 1 aliphatic heterocycles. The van der Waals surface area contributed by atoms with Crippen molar-refractivity contribution < 1.29 is 19.5 Å². The van der Waals surface area contributed by atoms with Gasteiger partial charge in [-0.05, 0) is 37.0 Å². The maximum absolute atomic E-state index is 12.3. The third-order valence-corrected chi connectivity index (χ3v) is 4.88. The van der Waals surface area contributed by atoms with E-state index < -0.39 is 5.97 Å². The van der Waals surface area contributed by atoms with Gasteiger partial charge in [-0.2, -0.15) is 0 Å². The van der Waals surface area contributed by atoms with Crippen LogP contribution in [-0.2, 0) is 11.3 Å². The Hall–Kier alpha value is -2.57. The van der Waals surface area contributed by atoms with E-state index in [0.29, 0.717) is 32.5 Å². The number of piperidine rings is 1. The summed E-state index contributed by atoms with van der Waals surface area (Å²) < 4.78 is 0. The van der Waals surface area contributed by atoms with Gasteiger partial charge in [-0.3, -0.25) is 4.79 Å². The lowest BCUT2D eigenvalue weighted by Gasteiger charge is -2.31. The van der Waals surface area contributed by atoms with Gasteiger partial charge in [0.2, 0.25) is 5.91 Å². The Morgan fingerprint density at radius 2 is 1.74 bits per heavy atom. The van der Waals surface area contributed by atoms with E-state index in [9.17, 15) is 14.4 Å². The van der Waals surface area contributed by atoms with Crippen molar-refractivity contribution in [2.75, 3.05) is 19.6 Å². The number of nitrogens with one attached hydrogen (secondary N) is 2. The number of benzene rings is 1. The first-order chi connectivity index (χ1) is 13.0. The van der Waals surface area contributed by atoms with Crippen LogP contribution in [0.25, 0.3) is 0 Å². The first-order valence-electron chi connectivity index (χ1n) is 9.64. The molecule has 0 aromatic heterocycles. The van der Waals surface area contributed by atoms with Gasteiger partial charge in [0.15, 0.2) is 0 Å². The Bertz CT molecular complexity index is 637. The maximum atomic E-state index is 12.3. The lowest BCUT2D eigenvalue weighted by Crippen LogP contribution is -2.46. The molecule has 1 fully saturated rings. The number of hydrogen-bond donors (Lipinski definition) is 3. The van der Waals surface area contributed by atoms with E-state index in [1.807, 2.05) is 0 Å². The van der Waals surface area contributed by atoms with Gasteiger partial charge in [0, 0.05) is 32.1 Å². The number of urea groups is 1. The molecule has 1 aromatic carbocycles. The molecule has 0 aliphatic carbocycles. The molecule has 3 N–H and O–H groups in total. The number of carbonyl (C=O) groups is 3. The molecule has 27 heavy (non-hydrogen) atoms. The van der Waals surface area contributed by atoms with Crippen molar-refractivity contribution in [3.05, 3.63) is 35.4 Å². The first kappa shape index (κ1) is 20.7. The number of aromatic carboxylic acids is 1. The van der Waals surface area contributed by atoms with Crippen LogP contribution in [0.1, 0.15) is 54.9 Å². The Morgan fingerprint density at radius 1 is 1.07 bits per heavy atom. The minimum absolute atomic E-state index is 0.0146. The van der Waals surface area contributed by atoms with E-state index in [1.165, 1.54) is 12.1 Å². The van der Waals surface area contributed by atoms with Crippen molar-refractivity contribution in [3.8, 4) is 0 Å². The number of nitrogens with zero attached hydrogens (tertiary/aromatic N) is 1. The predicted octanol–water partition coefficient (Wildman–Crippen LogP) is 2.61. The molecule has 0 radical (unpaired) electrons. The van der Waals surface area contributed by atoms with E-state index in [1.54, 1.807) is 17.0 Å². The molecule has 7 heteroatoms. The zero-order valence-corrected chi connectivity index (χ0v) is 15.9. The molecule has 3 amide bonds. The van der Waals surface area contributed by atoms with Crippen LogP contribution < -0.4 is 10.6 Å². The minimum atomic E-state index is -0.970. The van der Waals surface area contributed by atoms with Crippen molar-refractivity contribution in [2.45, 2.75) is 45.6 Å². The highest BCUT2D eigenvalue weighted by molar-refractivity contribution is 5.87. The Kier molecular flexibility index (Phi) is 8.10. The largest absolute Gasteiger partial charge is 0.478 e. The number of amides is 3. The quantitative estimate of drug-likeness (QED) is 0.608. The maximum Gasteiger partial charge on any atom is 0.335 e. The summed E-state index contributed by atoms with van der Waals surface area (Å²) in [5.41, 5.74) is 1.06. The van der Waals surface area contributed by atoms with Crippen molar-refractivity contribution in [3.63, 3.8) is 0 Å². The summed E-state index contributed by atoms with van der Waals surface area (Å²) in [5.74, 6) is -0.883. The molecule has 1 saturated heterocycles. The lowest BCUT2D eigenvalue weighted by molar-refractivity contribution is -0.126. The average molecular weight is 375 g/mol. The summed E-state index contributed by atoms with van der Waals surface area (Å²) in [5, 5.41) is 14.7. The van der Waals surface area contributed by atoms with E-state index in [-0.39, 0.29) is 23.4 Å². The zero-order valence-electron chi connectivity index (χ0n) is 15.9. The van der Waals surface area contributed by atoms with Crippen molar-refractivity contribution in [2.24, 2.45) is 5.92 Å². The highest BCUT2D eigenvalue weighted by Gasteiger charge is 2.26. The van der Waals surface area contributed by atoms with Crippen LogP contribution in [0.2, 0.25) is 0 Å². The molecule has 0 atom stereocenters. The van der Waals surface area contributed by atoms with Gasteiger partial charge >= 0.3 is 12.0 Å². The lowest BCUT2D eigenvalue weighted by atomic mass is 9.96. The molecular weight excluding hydrogens is 346 g/mol. The summed E-state index contributed by atoms with van der Waals surface area (Å²) >= 11 is 0. The topological polar surface area (TPSA) is 98.7 Å². The molecule has 0 bridgehead atoms. The second kappa shape index (κ2) is 10.5. The van der Waals surface area contributed by atoms with E-state index in [0.717, 1.165) is 31.4 Å². The van der Waals surface area contributed by atoms with Gasteiger partial charge in [0.05, 0.1) is 5.56 Å². The monoisotopic (exact) mass is 375 g/mol. The Morgan fingerprint density at radius 3 is 2.33 bits per heavy atom. The number of carboxylic acid groups (broad SMARTS) is 1. The van der Waals surface area contributed by atoms with Crippen molar-refractivity contribution in [1.29, 1.82) is 0 Å². The number of hydrogen-bond acceptors (Lipinski definition) is 3. The molecule has 0 unspecified atom stereocenters. The predicted molar refractivity (Wildman–Crippen MR) is 102 cm³/mol.